The van der Waals surface area contributed by atoms with E-state index >= 15 is 0 Å². The Morgan fingerprint density at radius 1 is 1.37 bits per heavy atom. The van der Waals surface area contributed by atoms with Crippen LogP contribution in [-0.2, 0) is 14.8 Å². The van der Waals surface area contributed by atoms with Gasteiger partial charge in [0.05, 0.1) is 0 Å². The maximum absolute atomic E-state index is 12.0. The maximum Gasteiger partial charge on any atom is 0.250 e. The SMILES string of the molecule is COC(CNS(=O)(=O)c1cccs1)c1ccc(C)s1. The van der Waals surface area contributed by atoms with Gasteiger partial charge in [-0.15, -0.1) is 22.7 Å². The molecular weight excluding hydrogens is 302 g/mol. The van der Waals surface area contributed by atoms with Gasteiger partial charge in [-0.1, -0.05) is 6.07 Å². The molecule has 19 heavy (non-hydrogen) atoms. The molecule has 0 saturated heterocycles. The van der Waals surface area contributed by atoms with Crippen molar-refractivity contribution in [3.63, 3.8) is 0 Å². The molecular formula is C12H15NO3S3. The lowest BCUT2D eigenvalue weighted by atomic mass is 10.3. The highest BCUT2D eigenvalue weighted by molar-refractivity contribution is 7.91. The quantitative estimate of drug-likeness (QED) is 0.891. The van der Waals surface area contributed by atoms with E-state index in [1.165, 1.54) is 16.2 Å². The Morgan fingerprint density at radius 3 is 2.68 bits per heavy atom. The molecule has 2 rings (SSSR count). The second-order valence-corrected chi connectivity index (χ2v) is 8.22. The second kappa shape index (κ2) is 6.15. The number of thiophene rings is 2. The van der Waals surface area contributed by atoms with Crippen LogP contribution in [0.1, 0.15) is 15.9 Å². The number of nitrogens with one attached hydrogen (secondary N) is 1. The minimum absolute atomic E-state index is 0.233. The van der Waals surface area contributed by atoms with E-state index in [0.29, 0.717) is 4.21 Å². The lowest BCUT2D eigenvalue weighted by molar-refractivity contribution is 0.110. The number of rotatable bonds is 6. The number of aryl methyl sites for hydroxylation is 1. The van der Waals surface area contributed by atoms with Gasteiger partial charge in [-0.2, -0.15) is 0 Å². The molecule has 0 saturated carbocycles. The Balaban J connectivity index is 2.05. The van der Waals surface area contributed by atoms with Gasteiger partial charge < -0.3 is 4.74 Å². The maximum atomic E-state index is 12.0. The van der Waals surface area contributed by atoms with Crippen molar-refractivity contribution >= 4 is 32.7 Å². The molecule has 2 aromatic heterocycles. The van der Waals surface area contributed by atoms with Crippen molar-refractivity contribution in [1.82, 2.24) is 4.72 Å². The molecule has 0 aliphatic carbocycles. The van der Waals surface area contributed by atoms with Crippen LogP contribution in [-0.4, -0.2) is 22.1 Å². The Bertz CT molecular complexity index is 616. The van der Waals surface area contributed by atoms with Crippen LogP contribution in [0.3, 0.4) is 0 Å². The summed E-state index contributed by atoms with van der Waals surface area (Å²) < 4.78 is 32.3. The normalized spacial score (nSPS) is 13.6. The molecule has 104 valence electrons. The lowest BCUT2D eigenvalue weighted by Crippen LogP contribution is -2.28. The Kier molecular flexibility index (Phi) is 4.75. The van der Waals surface area contributed by atoms with E-state index in [9.17, 15) is 8.42 Å². The number of ether oxygens (including phenoxy) is 1. The zero-order chi connectivity index (χ0) is 13.9. The first kappa shape index (κ1) is 14.7. The summed E-state index contributed by atoms with van der Waals surface area (Å²) in [7, 11) is -1.85. The molecule has 0 bridgehead atoms. The number of hydrogen-bond donors (Lipinski definition) is 1. The van der Waals surface area contributed by atoms with Crippen LogP contribution in [0.2, 0.25) is 0 Å². The molecule has 0 fully saturated rings. The smallest absolute Gasteiger partial charge is 0.250 e. The highest BCUT2D eigenvalue weighted by atomic mass is 32.2. The summed E-state index contributed by atoms with van der Waals surface area (Å²) in [5.74, 6) is 0. The molecule has 0 aliphatic heterocycles. The molecule has 0 aliphatic rings. The van der Waals surface area contributed by atoms with Crippen molar-refractivity contribution in [3.05, 3.63) is 39.4 Å². The molecule has 2 heterocycles. The van der Waals surface area contributed by atoms with Crippen molar-refractivity contribution in [1.29, 1.82) is 0 Å². The van der Waals surface area contributed by atoms with Crippen LogP contribution in [0.15, 0.2) is 33.9 Å². The lowest BCUT2D eigenvalue weighted by Gasteiger charge is -2.14. The Morgan fingerprint density at radius 2 is 2.16 bits per heavy atom. The summed E-state index contributed by atoms with van der Waals surface area (Å²) in [5.41, 5.74) is 0. The molecule has 1 N–H and O–H groups in total. The first-order valence-corrected chi connectivity index (χ1v) is 8.83. The molecule has 4 nitrogen and oxygen atoms in total. The Hall–Kier alpha value is -0.730. The van der Waals surface area contributed by atoms with E-state index in [4.69, 9.17) is 4.74 Å². The van der Waals surface area contributed by atoms with Crippen LogP contribution in [0, 0.1) is 6.92 Å². The third-order valence-corrected chi connectivity index (χ3v) is 6.50. The number of methoxy groups -OCH3 is 1. The Labute approximate surface area is 121 Å². The van der Waals surface area contributed by atoms with Crippen LogP contribution in [0.5, 0.6) is 0 Å². The molecule has 0 aromatic carbocycles. The van der Waals surface area contributed by atoms with Gasteiger partial charge in [-0.05, 0) is 30.5 Å². The topological polar surface area (TPSA) is 55.4 Å². The van der Waals surface area contributed by atoms with Gasteiger partial charge in [0.1, 0.15) is 10.3 Å². The van der Waals surface area contributed by atoms with Crippen molar-refractivity contribution < 1.29 is 13.2 Å². The minimum atomic E-state index is -3.43. The largest absolute Gasteiger partial charge is 0.375 e. The molecule has 7 heteroatoms. The summed E-state index contributed by atoms with van der Waals surface area (Å²) in [4.78, 5) is 2.20. The summed E-state index contributed by atoms with van der Waals surface area (Å²) >= 11 is 2.81. The standard InChI is InChI=1S/C12H15NO3S3/c1-9-5-6-11(18-9)10(16-2)8-13-19(14,15)12-4-3-7-17-12/h3-7,10,13H,8H2,1-2H3. The van der Waals surface area contributed by atoms with Crippen molar-refractivity contribution in [3.8, 4) is 0 Å². The average molecular weight is 317 g/mol. The zero-order valence-corrected chi connectivity index (χ0v) is 13.1. The molecule has 0 amide bonds. The van der Waals surface area contributed by atoms with Crippen LogP contribution in [0.4, 0.5) is 0 Å². The highest BCUT2D eigenvalue weighted by Gasteiger charge is 2.19. The van der Waals surface area contributed by atoms with Crippen LogP contribution < -0.4 is 4.72 Å². The van der Waals surface area contributed by atoms with E-state index in [0.717, 1.165) is 4.88 Å². The first-order chi connectivity index (χ1) is 9.03. The second-order valence-electron chi connectivity index (χ2n) is 3.96. The molecule has 0 radical (unpaired) electrons. The van der Waals surface area contributed by atoms with Gasteiger partial charge >= 0.3 is 0 Å². The number of sulfonamides is 1. The number of hydrogen-bond acceptors (Lipinski definition) is 5. The molecule has 0 spiro atoms. The van der Waals surface area contributed by atoms with Crippen LogP contribution in [0.25, 0.3) is 0 Å². The van der Waals surface area contributed by atoms with Crippen molar-refractivity contribution in [2.45, 2.75) is 17.2 Å². The van der Waals surface area contributed by atoms with Gasteiger partial charge in [0, 0.05) is 23.4 Å². The predicted molar refractivity (Wildman–Crippen MR) is 78.3 cm³/mol. The fourth-order valence-corrected chi connectivity index (χ4v) is 4.62. The molecule has 1 atom stereocenters. The third kappa shape index (κ3) is 3.64. The van der Waals surface area contributed by atoms with Crippen molar-refractivity contribution in [2.24, 2.45) is 0 Å². The summed E-state index contributed by atoms with van der Waals surface area (Å²) in [6.07, 6.45) is -0.256. The molecule has 2 aromatic rings. The summed E-state index contributed by atoms with van der Waals surface area (Å²) in [6.45, 7) is 2.24. The first-order valence-electron chi connectivity index (χ1n) is 5.65. The highest BCUT2D eigenvalue weighted by Crippen LogP contribution is 2.25. The summed E-state index contributed by atoms with van der Waals surface area (Å²) in [5, 5.41) is 1.74. The van der Waals surface area contributed by atoms with E-state index < -0.39 is 10.0 Å². The summed E-state index contributed by atoms with van der Waals surface area (Å²) in [6, 6.07) is 7.27. The molecule has 1 unspecified atom stereocenters. The fourth-order valence-electron chi connectivity index (χ4n) is 1.60. The van der Waals surface area contributed by atoms with E-state index in [1.54, 1.807) is 36.0 Å². The van der Waals surface area contributed by atoms with Gasteiger partial charge in [0.25, 0.3) is 0 Å². The van der Waals surface area contributed by atoms with Gasteiger partial charge in [0.2, 0.25) is 10.0 Å². The monoisotopic (exact) mass is 317 g/mol. The van der Waals surface area contributed by atoms with E-state index in [2.05, 4.69) is 4.72 Å². The van der Waals surface area contributed by atoms with E-state index in [-0.39, 0.29) is 12.6 Å². The zero-order valence-electron chi connectivity index (χ0n) is 10.6. The minimum Gasteiger partial charge on any atom is -0.375 e. The van der Waals surface area contributed by atoms with Crippen LogP contribution >= 0.6 is 22.7 Å². The van der Waals surface area contributed by atoms with E-state index in [1.807, 2.05) is 19.1 Å². The van der Waals surface area contributed by atoms with Gasteiger partial charge in [-0.3, -0.25) is 0 Å². The average Bonchev–Trinajstić information content (AvgIpc) is 3.01. The fraction of sp³-hybridized carbons (Fsp3) is 0.333. The predicted octanol–water partition coefficient (Wildman–Crippen LogP) is 2.78. The van der Waals surface area contributed by atoms with Gasteiger partial charge in [0.15, 0.2) is 0 Å². The van der Waals surface area contributed by atoms with Crippen molar-refractivity contribution in [2.75, 3.05) is 13.7 Å². The van der Waals surface area contributed by atoms with Gasteiger partial charge in [-0.25, -0.2) is 13.1 Å². The third-order valence-electron chi connectivity index (χ3n) is 2.58.